The van der Waals surface area contributed by atoms with E-state index in [-0.39, 0.29) is 12.1 Å². The Balaban J connectivity index is 2.31. The number of β-amino-alcohol motifs (C(OH)–C–C–N with tert-alkyl or cyclic N) is 1. The van der Waals surface area contributed by atoms with E-state index in [4.69, 9.17) is 5.73 Å². The van der Waals surface area contributed by atoms with Crippen LogP contribution in [-0.2, 0) is 0 Å². The lowest BCUT2D eigenvalue weighted by Crippen LogP contribution is -2.30. The van der Waals surface area contributed by atoms with Crippen LogP contribution in [0.25, 0.3) is 0 Å². The first-order valence-electron chi connectivity index (χ1n) is 5.52. The average Bonchev–Trinajstić information content (AvgIpc) is 2.69. The molecule has 1 atom stereocenters. The maximum Gasteiger partial charge on any atom is 0.257 e. The molecule has 17 heavy (non-hydrogen) atoms. The molecule has 1 saturated heterocycles. The van der Waals surface area contributed by atoms with Crippen molar-refractivity contribution in [2.24, 2.45) is 0 Å². The predicted molar refractivity (Wildman–Crippen MR) is 62.1 cm³/mol. The van der Waals surface area contributed by atoms with Gasteiger partial charge >= 0.3 is 0 Å². The third kappa shape index (κ3) is 2.24. The molecule has 0 aliphatic carbocycles. The van der Waals surface area contributed by atoms with E-state index in [1.807, 2.05) is 0 Å². The van der Waals surface area contributed by atoms with Crippen molar-refractivity contribution >= 4 is 11.6 Å². The molecule has 1 aromatic rings. The lowest BCUT2D eigenvalue weighted by Gasteiger charge is -2.16. The van der Waals surface area contributed by atoms with Crippen molar-refractivity contribution in [1.29, 1.82) is 0 Å². The molecule has 2 rings (SSSR count). The maximum absolute atomic E-state index is 13.8. The number of hydrogen-bond acceptors (Lipinski definition) is 3. The van der Waals surface area contributed by atoms with Crippen LogP contribution in [0.4, 0.5) is 10.1 Å². The van der Waals surface area contributed by atoms with Crippen LogP contribution in [-0.4, -0.2) is 35.1 Å². The summed E-state index contributed by atoms with van der Waals surface area (Å²) in [6, 6.07) is 2.83. The van der Waals surface area contributed by atoms with Gasteiger partial charge < -0.3 is 15.7 Å². The SMILES string of the molecule is Cc1cc(N)cc(C(=O)N2CCC(O)C2)c1F. The van der Waals surface area contributed by atoms with E-state index in [0.29, 0.717) is 24.2 Å². The Kier molecular flexibility index (Phi) is 3.02. The first-order chi connectivity index (χ1) is 7.99. The van der Waals surface area contributed by atoms with Crippen molar-refractivity contribution < 1.29 is 14.3 Å². The minimum Gasteiger partial charge on any atom is -0.399 e. The summed E-state index contributed by atoms with van der Waals surface area (Å²) in [5.74, 6) is -0.944. The van der Waals surface area contributed by atoms with Crippen molar-refractivity contribution in [3.8, 4) is 0 Å². The summed E-state index contributed by atoms with van der Waals surface area (Å²) in [5.41, 5.74) is 6.31. The van der Waals surface area contributed by atoms with Crippen LogP contribution in [0.1, 0.15) is 22.3 Å². The zero-order valence-electron chi connectivity index (χ0n) is 9.61. The fourth-order valence-corrected chi connectivity index (χ4v) is 2.05. The zero-order chi connectivity index (χ0) is 12.6. The van der Waals surface area contributed by atoms with Crippen molar-refractivity contribution in [3.05, 3.63) is 29.1 Å². The van der Waals surface area contributed by atoms with Crippen molar-refractivity contribution in [3.63, 3.8) is 0 Å². The van der Waals surface area contributed by atoms with Crippen LogP contribution in [0.5, 0.6) is 0 Å². The number of anilines is 1. The summed E-state index contributed by atoms with van der Waals surface area (Å²) in [6.45, 7) is 2.28. The van der Waals surface area contributed by atoms with Gasteiger partial charge in [0, 0.05) is 18.8 Å². The minimum atomic E-state index is -0.536. The Bertz CT molecular complexity index is 462. The van der Waals surface area contributed by atoms with Gasteiger partial charge in [-0.15, -0.1) is 0 Å². The van der Waals surface area contributed by atoms with Crippen molar-refractivity contribution in [1.82, 2.24) is 4.90 Å². The largest absolute Gasteiger partial charge is 0.399 e. The summed E-state index contributed by atoms with van der Waals surface area (Å²) < 4.78 is 13.8. The maximum atomic E-state index is 13.8. The highest BCUT2D eigenvalue weighted by Gasteiger charge is 2.27. The summed E-state index contributed by atoms with van der Waals surface area (Å²) in [4.78, 5) is 13.5. The van der Waals surface area contributed by atoms with Gasteiger partial charge in [0.2, 0.25) is 0 Å². The van der Waals surface area contributed by atoms with E-state index in [2.05, 4.69) is 0 Å². The number of nitrogens with two attached hydrogens (primary N) is 1. The number of aliphatic hydroxyl groups is 1. The molecule has 1 aromatic carbocycles. The number of aliphatic hydroxyl groups excluding tert-OH is 1. The van der Waals surface area contributed by atoms with Gasteiger partial charge in [-0.1, -0.05) is 0 Å². The van der Waals surface area contributed by atoms with Gasteiger partial charge in [-0.05, 0) is 31.0 Å². The molecule has 0 radical (unpaired) electrons. The van der Waals surface area contributed by atoms with E-state index in [9.17, 15) is 14.3 Å². The summed E-state index contributed by atoms with van der Waals surface area (Å²) in [6.07, 6.45) is 0.0263. The Morgan fingerprint density at radius 2 is 2.29 bits per heavy atom. The van der Waals surface area contributed by atoms with Crippen LogP contribution >= 0.6 is 0 Å². The van der Waals surface area contributed by atoms with Gasteiger partial charge in [0.1, 0.15) is 5.82 Å². The lowest BCUT2D eigenvalue weighted by atomic mass is 10.1. The number of carbonyl (C=O) groups is 1. The van der Waals surface area contributed by atoms with Crippen LogP contribution in [0.2, 0.25) is 0 Å². The molecule has 4 nitrogen and oxygen atoms in total. The topological polar surface area (TPSA) is 66.6 Å². The number of nitrogens with zero attached hydrogens (tertiary/aromatic N) is 1. The van der Waals surface area contributed by atoms with Gasteiger partial charge in [-0.3, -0.25) is 4.79 Å². The highest BCUT2D eigenvalue weighted by atomic mass is 19.1. The second-order valence-corrected chi connectivity index (χ2v) is 4.39. The van der Waals surface area contributed by atoms with Gasteiger partial charge in [0.25, 0.3) is 5.91 Å². The number of aryl methyl sites for hydroxylation is 1. The van der Waals surface area contributed by atoms with Crippen LogP contribution in [0, 0.1) is 12.7 Å². The normalized spacial score (nSPS) is 19.7. The Labute approximate surface area is 98.8 Å². The summed E-state index contributed by atoms with van der Waals surface area (Å²) >= 11 is 0. The second kappa shape index (κ2) is 4.33. The third-order valence-corrected chi connectivity index (χ3v) is 2.96. The first kappa shape index (κ1) is 11.9. The second-order valence-electron chi connectivity index (χ2n) is 4.39. The van der Waals surface area contributed by atoms with Gasteiger partial charge in [0.05, 0.1) is 11.7 Å². The van der Waals surface area contributed by atoms with E-state index < -0.39 is 17.8 Å². The standard InChI is InChI=1S/C12H15FN2O2/c1-7-4-8(14)5-10(11(7)13)12(17)15-3-2-9(16)6-15/h4-5,9,16H,2-3,6,14H2,1H3. The molecule has 92 valence electrons. The number of benzene rings is 1. The fraction of sp³-hybridized carbons (Fsp3) is 0.417. The molecule has 5 heteroatoms. The molecular formula is C12H15FN2O2. The minimum absolute atomic E-state index is 0.0170. The zero-order valence-corrected chi connectivity index (χ0v) is 9.61. The quantitative estimate of drug-likeness (QED) is 0.715. The van der Waals surface area contributed by atoms with Gasteiger partial charge in [-0.25, -0.2) is 4.39 Å². The van der Waals surface area contributed by atoms with E-state index in [1.54, 1.807) is 6.92 Å². The molecule has 0 saturated carbocycles. The molecule has 0 aromatic heterocycles. The fourth-order valence-electron chi connectivity index (χ4n) is 2.05. The Hall–Kier alpha value is -1.62. The van der Waals surface area contributed by atoms with Crippen molar-refractivity contribution in [2.45, 2.75) is 19.4 Å². The van der Waals surface area contributed by atoms with E-state index in [0.717, 1.165) is 0 Å². The molecule has 1 amide bonds. The highest BCUT2D eigenvalue weighted by Crippen LogP contribution is 2.20. The molecule has 1 aliphatic rings. The number of amides is 1. The molecule has 3 N–H and O–H groups in total. The summed E-state index contributed by atoms with van der Waals surface area (Å²) in [7, 11) is 0. The smallest absolute Gasteiger partial charge is 0.257 e. The first-order valence-corrected chi connectivity index (χ1v) is 5.52. The molecule has 0 spiro atoms. The molecule has 1 heterocycles. The number of rotatable bonds is 1. The van der Waals surface area contributed by atoms with E-state index >= 15 is 0 Å². The molecular weight excluding hydrogens is 223 g/mol. The van der Waals surface area contributed by atoms with Crippen LogP contribution in [0.15, 0.2) is 12.1 Å². The summed E-state index contributed by atoms with van der Waals surface area (Å²) in [5, 5.41) is 9.36. The Morgan fingerprint density at radius 3 is 2.88 bits per heavy atom. The van der Waals surface area contributed by atoms with E-state index in [1.165, 1.54) is 17.0 Å². The Morgan fingerprint density at radius 1 is 1.59 bits per heavy atom. The lowest BCUT2D eigenvalue weighted by molar-refractivity contribution is 0.0760. The van der Waals surface area contributed by atoms with Crippen LogP contribution < -0.4 is 5.73 Å². The van der Waals surface area contributed by atoms with Crippen LogP contribution in [0.3, 0.4) is 0 Å². The van der Waals surface area contributed by atoms with Crippen molar-refractivity contribution in [2.75, 3.05) is 18.8 Å². The number of halogens is 1. The third-order valence-electron chi connectivity index (χ3n) is 2.96. The monoisotopic (exact) mass is 238 g/mol. The number of likely N-dealkylation sites (tertiary alicyclic amines) is 1. The molecule has 1 aliphatic heterocycles. The number of carbonyl (C=O) groups excluding carboxylic acids is 1. The van der Waals surface area contributed by atoms with Gasteiger partial charge in [-0.2, -0.15) is 0 Å². The molecule has 1 fully saturated rings. The molecule has 1 unspecified atom stereocenters. The average molecular weight is 238 g/mol. The van der Waals surface area contributed by atoms with Gasteiger partial charge in [0.15, 0.2) is 0 Å². The predicted octanol–water partition coefficient (Wildman–Crippen LogP) is 0.923. The number of hydrogen-bond donors (Lipinski definition) is 2. The number of nitrogen functional groups attached to an aromatic ring is 1. The highest BCUT2D eigenvalue weighted by molar-refractivity contribution is 5.95. The molecule has 0 bridgehead atoms.